The summed E-state index contributed by atoms with van der Waals surface area (Å²) in [6.07, 6.45) is 0. The average Bonchev–Trinajstić information content (AvgIpc) is 3.68. The van der Waals surface area contributed by atoms with Gasteiger partial charge in [-0.3, -0.25) is 0 Å². The van der Waals surface area contributed by atoms with Crippen LogP contribution in [0.1, 0.15) is 5.56 Å². The Bertz CT molecular complexity index is 2650. The molecular formula is C40H23N5O. The van der Waals surface area contributed by atoms with E-state index >= 15 is 0 Å². The van der Waals surface area contributed by atoms with Gasteiger partial charge >= 0.3 is 0 Å². The van der Waals surface area contributed by atoms with Gasteiger partial charge in [-0.1, -0.05) is 84.9 Å². The van der Waals surface area contributed by atoms with E-state index in [1.165, 1.54) is 0 Å². The van der Waals surface area contributed by atoms with Gasteiger partial charge in [0.15, 0.2) is 17.5 Å². The van der Waals surface area contributed by atoms with Crippen LogP contribution in [0.3, 0.4) is 0 Å². The van der Waals surface area contributed by atoms with Gasteiger partial charge in [-0.25, -0.2) is 15.0 Å². The molecule has 0 radical (unpaired) electrons. The molecule has 0 saturated carbocycles. The van der Waals surface area contributed by atoms with Gasteiger partial charge in [0.1, 0.15) is 11.2 Å². The number of aromatic nitrogens is 4. The zero-order valence-electron chi connectivity index (χ0n) is 24.4. The second kappa shape index (κ2) is 10.3. The molecule has 6 nitrogen and oxygen atoms in total. The monoisotopic (exact) mass is 589 g/mol. The van der Waals surface area contributed by atoms with E-state index in [0.29, 0.717) is 34.2 Å². The summed E-state index contributed by atoms with van der Waals surface area (Å²) in [5.74, 6) is 1.64. The van der Waals surface area contributed by atoms with E-state index < -0.39 is 0 Å². The fourth-order valence-electron chi connectivity index (χ4n) is 6.46. The Hall–Kier alpha value is -6.58. The van der Waals surface area contributed by atoms with E-state index in [2.05, 4.69) is 77.4 Å². The average molecular weight is 590 g/mol. The zero-order valence-corrected chi connectivity index (χ0v) is 24.4. The molecule has 3 heterocycles. The SMILES string of the molecule is N#Cc1cccc2oc3cccc(-c4nc(-c5ccccc5)nc(-c5ccc6c(c5)c5ccccc5n6-c5ccccc5)n4)c3c12. The molecule has 6 aromatic carbocycles. The fourth-order valence-corrected chi connectivity index (χ4v) is 6.46. The van der Waals surface area contributed by atoms with Crippen LogP contribution < -0.4 is 0 Å². The van der Waals surface area contributed by atoms with Gasteiger partial charge in [0, 0.05) is 43.9 Å². The number of hydrogen-bond donors (Lipinski definition) is 0. The van der Waals surface area contributed by atoms with Crippen molar-refractivity contribution in [2.75, 3.05) is 0 Å². The van der Waals surface area contributed by atoms with Crippen molar-refractivity contribution in [2.24, 2.45) is 0 Å². The van der Waals surface area contributed by atoms with Gasteiger partial charge in [0.2, 0.25) is 0 Å². The lowest BCUT2D eigenvalue weighted by Gasteiger charge is -2.10. The van der Waals surface area contributed by atoms with Gasteiger partial charge in [0.25, 0.3) is 0 Å². The van der Waals surface area contributed by atoms with Crippen LogP contribution in [-0.2, 0) is 0 Å². The molecular weight excluding hydrogens is 566 g/mol. The van der Waals surface area contributed by atoms with Crippen molar-refractivity contribution >= 4 is 43.7 Å². The van der Waals surface area contributed by atoms with E-state index in [-0.39, 0.29) is 0 Å². The summed E-state index contributed by atoms with van der Waals surface area (Å²) in [6, 6.07) is 48.9. The van der Waals surface area contributed by atoms with Crippen LogP contribution in [0.4, 0.5) is 0 Å². The van der Waals surface area contributed by atoms with Gasteiger partial charge < -0.3 is 8.98 Å². The number of para-hydroxylation sites is 2. The fraction of sp³-hybridized carbons (Fsp3) is 0. The number of hydrogen-bond acceptors (Lipinski definition) is 5. The van der Waals surface area contributed by atoms with E-state index in [1.807, 2.05) is 72.8 Å². The molecule has 0 aliphatic rings. The molecule has 0 saturated heterocycles. The molecule has 0 unspecified atom stereocenters. The minimum absolute atomic E-state index is 0.511. The van der Waals surface area contributed by atoms with Crippen molar-refractivity contribution < 1.29 is 4.42 Å². The van der Waals surface area contributed by atoms with Gasteiger partial charge in [0.05, 0.1) is 22.7 Å². The maximum atomic E-state index is 9.96. The number of benzene rings is 6. The predicted octanol–water partition coefficient (Wildman–Crippen LogP) is 9.74. The van der Waals surface area contributed by atoms with Crippen molar-refractivity contribution in [1.82, 2.24) is 19.5 Å². The van der Waals surface area contributed by atoms with Gasteiger partial charge in [-0.05, 0) is 54.6 Å². The quantitative estimate of drug-likeness (QED) is 0.204. The lowest BCUT2D eigenvalue weighted by Crippen LogP contribution is -2.00. The lowest BCUT2D eigenvalue weighted by molar-refractivity contribution is 0.669. The summed E-state index contributed by atoms with van der Waals surface area (Å²) in [5.41, 5.74) is 7.76. The van der Waals surface area contributed by atoms with Gasteiger partial charge in [-0.2, -0.15) is 5.26 Å². The van der Waals surface area contributed by atoms with Gasteiger partial charge in [-0.15, -0.1) is 0 Å². The number of furan rings is 1. The zero-order chi connectivity index (χ0) is 30.6. The topological polar surface area (TPSA) is 80.5 Å². The Kier molecular flexibility index (Phi) is 5.77. The van der Waals surface area contributed by atoms with Crippen molar-refractivity contribution in [1.29, 1.82) is 5.26 Å². The van der Waals surface area contributed by atoms with E-state index in [4.69, 9.17) is 19.4 Å². The third kappa shape index (κ3) is 4.00. The molecule has 214 valence electrons. The summed E-state index contributed by atoms with van der Waals surface area (Å²) in [4.78, 5) is 15.1. The number of rotatable bonds is 4. The molecule has 6 heteroatoms. The van der Waals surface area contributed by atoms with E-state index in [9.17, 15) is 5.26 Å². The Morgan fingerprint density at radius 3 is 1.98 bits per heavy atom. The summed E-state index contributed by atoms with van der Waals surface area (Å²) < 4.78 is 8.48. The lowest BCUT2D eigenvalue weighted by atomic mass is 10.0. The van der Waals surface area contributed by atoms with Crippen molar-refractivity contribution in [3.8, 4) is 45.9 Å². The van der Waals surface area contributed by atoms with Crippen molar-refractivity contribution in [2.45, 2.75) is 0 Å². The Labute approximate surface area is 263 Å². The Balaban J connectivity index is 1.31. The molecule has 0 fully saturated rings. The first-order valence-electron chi connectivity index (χ1n) is 15.0. The summed E-state index contributed by atoms with van der Waals surface area (Å²) in [7, 11) is 0. The highest BCUT2D eigenvalue weighted by atomic mass is 16.3. The molecule has 0 aliphatic heterocycles. The standard InChI is InChI=1S/C40H23N5O/c41-24-27-13-9-19-34-36(27)37-30(17-10-20-35(37)46-34)40-43-38(25-11-3-1-4-12-25)42-39(44-40)26-21-22-33-31(23-26)29-16-7-8-18-32(29)45(33)28-14-5-2-6-15-28/h1-23H. The molecule has 0 atom stereocenters. The molecule has 0 amide bonds. The first-order valence-corrected chi connectivity index (χ1v) is 15.0. The highest BCUT2D eigenvalue weighted by Crippen LogP contribution is 2.39. The van der Waals surface area contributed by atoms with Crippen LogP contribution >= 0.6 is 0 Å². The minimum atomic E-state index is 0.511. The first kappa shape index (κ1) is 25.9. The van der Waals surface area contributed by atoms with E-state index in [1.54, 1.807) is 0 Å². The second-order valence-corrected chi connectivity index (χ2v) is 11.2. The molecule has 9 aromatic rings. The molecule has 46 heavy (non-hydrogen) atoms. The minimum Gasteiger partial charge on any atom is -0.456 e. The second-order valence-electron chi connectivity index (χ2n) is 11.2. The molecule has 0 N–H and O–H groups in total. The van der Waals surface area contributed by atoms with Crippen molar-refractivity contribution in [3.63, 3.8) is 0 Å². The summed E-state index contributed by atoms with van der Waals surface area (Å²) in [5, 5.41) is 13.8. The highest BCUT2D eigenvalue weighted by Gasteiger charge is 2.20. The first-order chi connectivity index (χ1) is 22.8. The van der Waals surface area contributed by atoms with Crippen LogP contribution in [0.5, 0.6) is 0 Å². The normalized spacial score (nSPS) is 11.5. The number of nitriles is 1. The van der Waals surface area contributed by atoms with Crippen LogP contribution in [0.15, 0.2) is 144 Å². The van der Waals surface area contributed by atoms with Crippen LogP contribution in [0.25, 0.3) is 83.6 Å². The third-order valence-electron chi connectivity index (χ3n) is 8.50. The Morgan fingerprint density at radius 1 is 0.522 bits per heavy atom. The van der Waals surface area contributed by atoms with Crippen molar-refractivity contribution in [3.05, 3.63) is 145 Å². The van der Waals surface area contributed by atoms with E-state index in [0.717, 1.165) is 55.0 Å². The third-order valence-corrected chi connectivity index (χ3v) is 8.50. The smallest absolute Gasteiger partial charge is 0.164 e. The maximum absolute atomic E-state index is 9.96. The Morgan fingerprint density at radius 2 is 1.17 bits per heavy atom. The number of nitrogens with zero attached hydrogens (tertiary/aromatic N) is 5. The number of fused-ring (bicyclic) bond motifs is 6. The van der Waals surface area contributed by atoms with Crippen LogP contribution in [-0.4, -0.2) is 19.5 Å². The summed E-state index contributed by atoms with van der Waals surface area (Å²) >= 11 is 0. The highest BCUT2D eigenvalue weighted by molar-refractivity contribution is 6.14. The predicted molar refractivity (Wildman–Crippen MR) is 182 cm³/mol. The molecule has 3 aromatic heterocycles. The molecule has 0 bridgehead atoms. The largest absolute Gasteiger partial charge is 0.456 e. The van der Waals surface area contributed by atoms with Crippen LogP contribution in [0.2, 0.25) is 0 Å². The van der Waals surface area contributed by atoms with Crippen LogP contribution in [0, 0.1) is 11.3 Å². The maximum Gasteiger partial charge on any atom is 0.164 e. The molecule has 9 rings (SSSR count). The molecule has 0 spiro atoms. The molecule has 0 aliphatic carbocycles. The summed E-state index contributed by atoms with van der Waals surface area (Å²) in [6.45, 7) is 0.